The molecule has 0 N–H and O–H groups in total. The van der Waals surface area contributed by atoms with Gasteiger partial charge >= 0.3 is 0 Å². The normalized spacial score (nSPS) is 20.0. The molecule has 4 nitrogen and oxygen atoms in total. The van der Waals surface area contributed by atoms with Crippen LogP contribution in [-0.4, -0.2) is 12.9 Å². The molecule has 2 atom stereocenters. The topological polar surface area (TPSA) is 63.2 Å². The highest BCUT2D eigenvalue weighted by atomic mass is 16.5. The maximum atomic E-state index is 12.6. The first-order valence-electron chi connectivity index (χ1n) is 7.53. The molecule has 1 heterocycles. The van der Waals surface area contributed by atoms with Gasteiger partial charge < -0.3 is 9.15 Å². The lowest BCUT2D eigenvalue weighted by molar-refractivity contribution is 0.103. The fourth-order valence-electron chi connectivity index (χ4n) is 2.63. The van der Waals surface area contributed by atoms with E-state index in [9.17, 15) is 10.1 Å². The van der Waals surface area contributed by atoms with E-state index < -0.39 is 0 Å². The van der Waals surface area contributed by atoms with Crippen LogP contribution in [0.1, 0.15) is 41.1 Å². The van der Waals surface area contributed by atoms with Crippen LogP contribution < -0.4 is 4.74 Å². The van der Waals surface area contributed by atoms with Gasteiger partial charge in [0.25, 0.3) is 0 Å². The molecule has 0 unspecified atom stereocenters. The molecule has 1 saturated carbocycles. The second kappa shape index (κ2) is 6.13. The van der Waals surface area contributed by atoms with Crippen molar-refractivity contribution in [3.63, 3.8) is 0 Å². The number of allylic oxidation sites excluding steroid dienone is 1. The predicted molar refractivity (Wildman–Crippen MR) is 86.1 cm³/mol. The number of para-hydroxylation sites is 1. The second-order valence-electron chi connectivity index (χ2n) is 5.76. The third-order valence-corrected chi connectivity index (χ3v) is 4.13. The Kier molecular flexibility index (Phi) is 4.03. The Morgan fingerprint density at radius 1 is 1.35 bits per heavy atom. The second-order valence-corrected chi connectivity index (χ2v) is 5.76. The number of Topliss-reactive ketones (excluding diaryl/α,β-unsaturated/α-hetero) is 1. The maximum Gasteiger partial charge on any atom is 0.207 e. The molecule has 0 aliphatic heterocycles. The van der Waals surface area contributed by atoms with Gasteiger partial charge in [0.1, 0.15) is 28.9 Å². The standard InChI is InChI=1S/C19H17NO3/c1-12-9-16(12)18-8-7-14(23-18)10-13(11-20)19(21)15-5-3-4-6-17(15)22-2/h3-8,10,12,16H,9H2,1-2H3/b13-10+/t12-,16+/m0/s1. The van der Waals surface area contributed by atoms with E-state index in [0.29, 0.717) is 28.9 Å². The summed E-state index contributed by atoms with van der Waals surface area (Å²) in [6.45, 7) is 2.18. The molecule has 1 aromatic carbocycles. The minimum absolute atomic E-state index is 0.0271. The highest BCUT2D eigenvalue weighted by Gasteiger charge is 2.36. The zero-order chi connectivity index (χ0) is 16.4. The Morgan fingerprint density at radius 3 is 2.74 bits per heavy atom. The maximum absolute atomic E-state index is 12.6. The molecule has 23 heavy (non-hydrogen) atoms. The molecular weight excluding hydrogens is 290 g/mol. The summed E-state index contributed by atoms with van der Waals surface area (Å²) >= 11 is 0. The van der Waals surface area contributed by atoms with Gasteiger partial charge in [-0.15, -0.1) is 0 Å². The van der Waals surface area contributed by atoms with Crippen molar-refractivity contribution in [1.29, 1.82) is 5.26 Å². The van der Waals surface area contributed by atoms with Crippen molar-refractivity contribution in [1.82, 2.24) is 0 Å². The molecule has 0 bridgehead atoms. The molecule has 1 fully saturated rings. The van der Waals surface area contributed by atoms with Crippen LogP contribution in [-0.2, 0) is 0 Å². The Balaban J connectivity index is 1.88. The highest BCUT2D eigenvalue weighted by molar-refractivity contribution is 6.15. The van der Waals surface area contributed by atoms with Crippen LogP contribution >= 0.6 is 0 Å². The molecule has 0 radical (unpaired) electrons. The SMILES string of the molecule is COc1ccccc1C(=O)/C(C#N)=C/c1ccc([C@@H]2C[C@@H]2C)o1. The third-order valence-electron chi connectivity index (χ3n) is 4.13. The van der Waals surface area contributed by atoms with Gasteiger partial charge in [0, 0.05) is 12.0 Å². The fraction of sp³-hybridized carbons (Fsp3) is 0.263. The van der Waals surface area contributed by atoms with Gasteiger partial charge in [-0.1, -0.05) is 19.1 Å². The van der Waals surface area contributed by atoms with Gasteiger partial charge in [-0.25, -0.2) is 0 Å². The quantitative estimate of drug-likeness (QED) is 0.472. The number of nitriles is 1. The lowest BCUT2D eigenvalue weighted by Gasteiger charge is -2.05. The lowest BCUT2D eigenvalue weighted by Crippen LogP contribution is -2.04. The summed E-state index contributed by atoms with van der Waals surface area (Å²) in [6.07, 6.45) is 2.62. The van der Waals surface area contributed by atoms with Crippen molar-refractivity contribution in [2.45, 2.75) is 19.3 Å². The van der Waals surface area contributed by atoms with Gasteiger partial charge in [-0.2, -0.15) is 5.26 Å². The number of rotatable bonds is 5. The van der Waals surface area contributed by atoms with E-state index in [1.165, 1.54) is 13.2 Å². The molecule has 2 aromatic rings. The summed E-state index contributed by atoms with van der Waals surface area (Å²) in [5.41, 5.74) is 0.393. The Bertz CT molecular complexity index is 810. The molecule has 1 aromatic heterocycles. The Labute approximate surface area is 135 Å². The van der Waals surface area contributed by atoms with E-state index in [0.717, 1.165) is 12.2 Å². The Hall–Kier alpha value is -2.80. The summed E-state index contributed by atoms with van der Waals surface area (Å²) in [5, 5.41) is 9.33. The van der Waals surface area contributed by atoms with E-state index in [4.69, 9.17) is 9.15 Å². The monoisotopic (exact) mass is 307 g/mol. The van der Waals surface area contributed by atoms with Crippen molar-refractivity contribution in [2.75, 3.05) is 7.11 Å². The molecule has 0 amide bonds. The number of ketones is 1. The van der Waals surface area contributed by atoms with Gasteiger partial charge in [0.05, 0.1) is 12.7 Å². The number of ether oxygens (including phenoxy) is 1. The molecule has 116 valence electrons. The number of benzene rings is 1. The van der Waals surface area contributed by atoms with Crippen LogP contribution in [0, 0.1) is 17.2 Å². The van der Waals surface area contributed by atoms with E-state index >= 15 is 0 Å². The van der Waals surface area contributed by atoms with Gasteiger partial charge in [-0.3, -0.25) is 4.79 Å². The minimum atomic E-state index is -0.373. The number of carbonyl (C=O) groups excluding carboxylic acids is 1. The van der Waals surface area contributed by atoms with Crippen molar-refractivity contribution in [3.8, 4) is 11.8 Å². The van der Waals surface area contributed by atoms with E-state index in [2.05, 4.69) is 6.92 Å². The summed E-state index contributed by atoms with van der Waals surface area (Å²) in [4.78, 5) is 12.6. The van der Waals surface area contributed by atoms with Gasteiger partial charge in [0.15, 0.2) is 0 Å². The molecule has 0 saturated heterocycles. The van der Waals surface area contributed by atoms with Crippen LogP contribution in [0.5, 0.6) is 5.75 Å². The first-order chi connectivity index (χ1) is 11.1. The zero-order valence-electron chi connectivity index (χ0n) is 13.1. The third kappa shape index (κ3) is 3.04. The summed E-state index contributed by atoms with van der Waals surface area (Å²) < 4.78 is 10.9. The predicted octanol–water partition coefficient (Wildman–Crippen LogP) is 4.20. The smallest absolute Gasteiger partial charge is 0.207 e. The fourth-order valence-corrected chi connectivity index (χ4v) is 2.63. The van der Waals surface area contributed by atoms with Crippen molar-refractivity contribution in [3.05, 3.63) is 59.1 Å². The average molecular weight is 307 g/mol. The lowest BCUT2D eigenvalue weighted by atomic mass is 10.0. The van der Waals surface area contributed by atoms with Crippen molar-refractivity contribution < 1.29 is 13.9 Å². The first kappa shape index (κ1) is 15.1. The zero-order valence-corrected chi connectivity index (χ0v) is 13.1. The number of hydrogen-bond donors (Lipinski definition) is 0. The molecule has 3 rings (SSSR count). The van der Waals surface area contributed by atoms with Crippen molar-refractivity contribution in [2.24, 2.45) is 5.92 Å². The average Bonchev–Trinajstić information content (AvgIpc) is 3.13. The minimum Gasteiger partial charge on any atom is -0.496 e. The number of furan rings is 1. The van der Waals surface area contributed by atoms with E-state index in [1.54, 1.807) is 30.3 Å². The molecule has 0 spiro atoms. The number of methoxy groups -OCH3 is 1. The summed E-state index contributed by atoms with van der Waals surface area (Å²) in [6, 6.07) is 12.5. The van der Waals surface area contributed by atoms with Crippen LogP contribution in [0.2, 0.25) is 0 Å². The van der Waals surface area contributed by atoms with E-state index in [1.807, 2.05) is 12.1 Å². The van der Waals surface area contributed by atoms with Crippen LogP contribution in [0.4, 0.5) is 0 Å². The molecule has 4 heteroatoms. The van der Waals surface area contributed by atoms with Crippen LogP contribution in [0.3, 0.4) is 0 Å². The molecule has 1 aliphatic carbocycles. The van der Waals surface area contributed by atoms with Crippen LogP contribution in [0.15, 0.2) is 46.4 Å². The summed E-state index contributed by atoms with van der Waals surface area (Å²) in [7, 11) is 1.50. The molecular formula is C19H17NO3. The number of hydrogen-bond acceptors (Lipinski definition) is 4. The van der Waals surface area contributed by atoms with E-state index in [-0.39, 0.29) is 11.4 Å². The summed E-state index contributed by atoms with van der Waals surface area (Å²) in [5.74, 6) is 2.63. The number of carbonyl (C=O) groups is 1. The number of nitrogens with zero attached hydrogens (tertiary/aromatic N) is 1. The molecule has 1 aliphatic rings. The van der Waals surface area contributed by atoms with Gasteiger partial charge in [0.2, 0.25) is 5.78 Å². The van der Waals surface area contributed by atoms with Crippen molar-refractivity contribution >= 4 is 11.9 Å². The van der Waals surface area contributed by atoms with Crippen LogP contribution in [0.25, 0.3) is 6.08 Å². The van der Waals surface area contributed by atoms with Gasteiger partial charge in [-0.05, 0) is 36.6 Å². The largest absolute Gasteiger partial charge is 0.496 e. The first-order valence-corrected chi connectivity index (χ1v) is 7.53. The highest BCUT2D eigenvalue weighted by Crippen LogP contribution is 2.47. The Morgan fingerprint density at radius 2 is 2.09 bits per heavy atom.